The molecule has 84 valence electrons. The van der Waals surface area contributed by atoms with Crippen LogP contribution in [0.2, 0.25) is 5.02 Å². The first-order valence-corrected chi connectivity index (χ1v) is 5.88. The molecular weight excluding hydrogens is 206 g/mol. The van der Waals surface area contributed by atoms with Crippen molar-refractivity contribution in [3.05, 3.63) is 34.9 Å². The van der Waals surface area contributed by atoms with Crippen LogP contribution < -0.4 is 5.73 Å². The predicted molar refractivity (Wildman–Crippen MR) is 67.1 cm³/mol. The Hall–Kier alpha value is -0.530. The third-order valence-electron chi connectivity index (χ3n) is 2.97. The summed E-state index contributed by atoms with van der Waals surface area (Å²) in [5.74, 6) is 0.649. The molecule has 0 saturated heterocycles. The van der Waals surface area contributed by atoms with Crippen molar-refractivity contribution in [3.63, 3.8) is 0 Å². The third kappa shape index (κ3) is 3.51. The number of nitrogens with two attached hydrogens (primary N) is 1. The zero-order valence-corrected chi connectivity index (χ0v) is 10.5. The summed E-state index contributed by atoms with van der Waals surface area (Å²) in [5.41, 5.74) is 7.23. The molecule has 0 aliphatic carbocycles. The van der Waals surface area contributed by atoms with Crippen LogP contribution in [0.3, 0.4) is 0 Å². The van der Waals surface area contributed by atoms with Crippen LogP contribution in [0.15, 0.2) is 24.3 Å². The summed E-state index contributed by atoms with van der Waals surface area (Å²) in [4.78, 5) is 0. The van der Waals surface area contributed by atoms with Crippen LogP contribution in [0.5, 0.6) is 0 Å². The fourth-order valence-electron chi connectivity index (χ4n) is 1.82. The van der Waals surface area contributed by atoms with E-state index in [9.17, 15) is 0 Å². The Morgan fingerprint density at radius 3 is 2.33 bits per heavy atom. The number of rotatable bonds is 4. The minimum Gasteiger partial charge on any atom is -0.322 e. The highest BCUT2D eigenvalue weighted by atomic mass is 35.5. The van der Waals surface area contributed by atoms with Gasteiger partial charge in [0.15, 0.2) is 0 Å². The molecule has 15 heavy (non-hydrogen) atoms. The number of hydrogen-bond acceptors (Lipinski definition) is 1. The Morgan fingerprint density at radius 1 is 1.33 bits per heavy atom. The average molecular weight is 226 g/mol. The monoisotopic (exact) mass is 225 g/mol. The van der Waals surface area contributed by atoms with E-state index < -0.39 is 0 Å². The Morgan fingerprint density at radius 2 is 1.87 bits per heavy atom. The molecule has 0 heterocycles. The van der Waals surface area contributed by atoms with Crippen LogP contribution in [0.4, 0.5) is 0 Å². The zero-order valence-electron chi connectivity index (χ0n) is 9.76. The fourth-order valence-corrected chi connectivity index (χ4v) is 1.94. The number of halogens is 1. The van der Waals surface area contributed by atoms with Gasteiger partial charge in [-0.2, -0.15) is 0 Å². The van der Waals surface area contributed by atoms with Gasteiger partial charge in [0.25, 0.3) is 0 Å². The average Bonchev–Trinajstić information content (AvgIpc) is 2.17. The van der Waals surface area contributed by atoms with Gasteiger partial charge in [0.05, 0.1) is 0 Å². The lowest BCUT2D eigenvalue weighted by molar-refractivity contribution is 0.356. The van der Waals surface area contributed by atoms with Crippen molar-refractivity contribution < 1.29 is 0 Å². The molecule has 0 spiro atoms. The maximum atomic E-state index is 6.32. The Kier molecular flexibility index (Phi) is 4.18. The van der Waals surface area contributed by atoms with Crippen LogP contribution in [0.1, 0.15) is 39.2 Å². The van der Waals surface area contributed by atoms with E-state index in [1.165, 1.54) is 6.42 Å². The molecule has 0 saturated carbocycles. The summed E-state index contributed by atoms with van der Waals surface area (Å²) in [6.07, 6.45) is 2.17. The summed E-state index contributed by atoms with van der Waals surface area (Å²) >= 11 is 5.85. The largest absolute Gasteiger partial charge is 0.322 e. The van der Waals surface area contributed by atoms with E-state index in [1.54, 1.807) is 0 Å². The number of benzene rings is 1. The Bertz CT molecular complexity index is 303. The zero-order chi connectivity index (χ0) is 11.5. The van der Waals surface area contributed by atoms with E-state index in [0.29, 0.717) is 5.92 Å². The van der Waals surface area contributed by atoms with Crippen LogP contribution in [0, 0.1) is 5.92 Å². The minimum atomic E-state index is -0.250. The van der Waals surface area contributed by atoms with Gasteiger partial charge in [-0.05, 0) is 37.0 Å². The molecule has 0 bridgehead atoms. The van der Waals surface area contributed by atoms with Crippen molar-refractivity contribution in [2.75, 3.05) is 0 Å². The first-order valence-electron chi connectivity index (χ1n) is 5.50. The van der Waals surface area contributed by atoms with Crippen molar-refractivity contribution in [1.29, 1.82) is 0 Å². The summed E-state index contributed by atoms with van der Waals surface area (Å²) < 4.78 is 0. The quantitative estimate of drug-likeness (QED) is 0.825. The van der Waals surface area contributed by atoms with Gasteiger partial charge in [0, 0.05) is 10.6 Å². The molecular formula is C13H20ClN. The molecule has 2 N–H and O–H groups in total. The maximum Gasteiger partial charge on any atom is 0.0406 e. The second-order valence-corrected chi connectivity index (χ2v) is 5.08. The smallest absolute Gasteiger partial charge is 0.0406 e. The topological polar surface area (TPSA) is 26.0 Å². The molecule has 1 nitrogen and oxygen atoms in total. The first-order chi connectivity index (χ1) is 6.95. The van der Waals surface area contributed by atoms with Crippen molar-refractivity contribution in [2.45, 2.75) is 39.2 Å². The predicted octanol–water partition coefficient (Wildman–Crippen LogP) is 3.95. The SMILES string of the molecule is CCC(C)CC(C)(N)c1ccc(Cl)cc1. The maximum absolute atomic E-state index is 6.32. The highest BCUT2D eigenvalue weighted by Gasteiger charge is 2.22. The van der Waals surface area contributed by atoms with E-state index in [0.717, 1.165) is 17.0 Å². The molecule has 1 aromatic carbocycles. The van der Waals surface area contributed by atoms with Gasteiger partial charge in [-0.1, -0.05) is 44.0 Å². The Labute approximate surface area is 97.6 Å². The lowest BCUT2D eigenvalue weighted by Gasteiger charge is -2.28. The van der Waals surface area contributed by atoms with E-state index in [2.05, 4.69) is 20.8 Å². The molecule has 1 rings (SSSR count). The van der Waals surface area contributed by atoms with Crippen molar-refractivity contribution in [2.24, 2.45) is 11.7 Å². The molecule has 0 fully saturated rings. The fraction of sp³-hybridized carbons (Fsp3) is 0.538. The van der Waals surface area contributed by atoms with Crippen molar-refractivity contribution >= 4 is 11.6 Å². The first kappa shape index (κ1) is 12.5. The van der Waals surface area contributed by atoms with Gasteiger partial charge in [-0.3, -0.25) is 0 Å². The second-order valence-electron chi connectivity index (χ2n) is 4.64. The summed E-state index contributed by atoms with van der Waals surface area (Å²) in [6.45, 7) is 6.52. The molecule has 2 unspecified atom stereocenters. The molecule has 2 atom stereocenters. The molecule has 1 aromatic rings. The third-order valence-corrected chi connectivity index (χ3v) is 3.23. The van der Waals surface area contributed by atoms with Gasteiger partial charge in [-0.15, -0.1) is 0 Å². The van der Waals surface area contributed by atoms with E-state index in [1.807, 2.05) is 24.3 Å². The van der Waals surface area contributed by atoms with Crippen molar-refractivity contribution in [3.8, 4) is 0 Å². The molecule has 2 heteroatoms. The van der Waals surface area contributed by atoms with E-state index in [-0.39, 0.29) is 5.54 Å². The van der Waals surface area contributed by atoms with Crippen molar-refractivity contribution in [1.82, 2.24) is 0 Å². The molecule has 0 amide bonds. The highest BCUT2D eigenvalue weighted by molar-refractivity contribution is 6.30. The highest BCUT2D eigenvalue weighted by Crippen LogP contribution is 2.27. The normalized spacial score (nSPS) is 17.1. The van der Waals surface area contributed by atoms with Gasteiger partial charge < -0.3 is 5.73 Å². The van der Waals surface area contributed by atoms with E-state index >= 15 is 0 Å². The number of hydrogen-bond donors (Lipinski definition) is 1. The van der Waals surface area contributed by atoms with Crippen LogP contribution >= 0.6 is 11.6 Å². The second kappa shape index (κ2) is 5.00. The Balaban J connectivity index is 2.80. The standard InChI is InChI=1S/C13H20ClN/c1-4-10(2)9-13(3,15)11-5-7-12(14)8-6-11/h5-8,10H,4,9,15H2,1-3H3. The van der Waals surface area contributed by atoms with Crippen LogP contribution in [0.25, 0.3) is 0 Å². The van der Waals surface area contributed by atoms with Gasteiger partial charge in [-0.25, -0.2) is 0 Å². The molecule has 0 aliphatic heterocycles. The van der Waals surface area contributed by atoms with Crippen LogP contribution in [-0.2, 0) is 5.54 Å². The minimum absolute atomic E-state index is 0.250. The molecule has 0 aliphatic rings. The van der Waals surface area contributed by atoms with Gasteiger partial charge in [0.1, 0.15) is 0 Å². The summed E-state index contributed by atoms with van der Waals surface area (Å²) in [5, 5.41) is 0.762. The lowest BCUT2D eigenvalue weighted by Crippen LogP contribution is -2.34. The van der Waals surface area contributed by atoms with E-state index in [4.69, 9.17) is 17.3 Å². The summed E-state index contributed by atoms with van der Waals surface area (Å²) in [6, 6.07) is 7.84. The van der Waals surface area contributed by atoms with Gasteiger partial charge in [0.2, 0.25) is 0 Å². The molecule has 0 radical (unpaired) electrons. The van der Waals surface area contributed by atoms with Gasteiger partial charge >= 0.3 is 0 Å². The summed E-state index contributed by atoms with van der Waals surface area (Å²) in [7, 11) is 0. The lowest BCUT2D eigenvalue weighted by atomic mass is 9.84. The van der Waals surface area contributed by atoms with Crippen LogP contribution in [-0.4, -0.2) is 0 Å². The molecule has 0 aromatic heterocycles.